The molecule has 1 aliphatic carbocycles. The Morgan fingerprint density at radius 3 is 2.61 bits per heavy atom. The van der Waals surface area contributed by atoms with Crippen LogP contribution >= 0.6 is 0 Å². The van der Waals surface area contributed by atoms with Crippen LogP contribution in [0.1, 0.15) is 56.4 Å². The fraction of sp³-hybridized carbons (Fsp3) is 0.714. The van der Waals surface area contributed by atoms with Crippen LogP contribution in [-0.4, -0.2) is 70.3 Å². The van der Waals surface area contributed by atoms with E-state index in [0.29, 0.717) is 36.3 Å². The molecule has 2 aliphatic heterocycles. The fourth-order valence-corrected chi connectivity index (χ4v) is 4.26. The standard InChI is InChI=1S/C21H31N5O2/c1-15(2)18-14-25(10-7-20(27)26(18)13-16-5-6-16)19-12-22-11-17(23-19)21(28)24-8-3-4-9-24/h11-12,15-16,18H,3-10,13-14H2,1-2H3. The number of carbonyl (C=O) groups is 2. The average molecular weight is 386 g/mol. The molecule has 1 saturated carbocycles. The Kier molecular flexibility index (Phi) is 5.51. The van der Waals surface area contributed by atoms with Gasteiger partial charge >= 0.3 is 0 Å². The molecule has 0 radical (unpaired) electrons. The van der Waals surface area contributed by atoms with Gasteiger partial charge in [-0.2, -0.15) is 0 Å². The van der Waals surface area contributed by atoms with Crippen LogP contribution in [0.15, 0.2) is 12.4 Å². The van der Waals surface area contributed by atoms with Crippen LogP contribution < -0.4 is 4.90 Å². The highest BCUT2D eigenvalue weighted by Gasteiger charge is 2.36. The first-order chi connectivity index (χ1) is 13.5. The second-order valence-electron chi connectivity index (χ2n) is 8.76. The first-order valence-corrected chi connectivity index (χ1v) is 10.7. The second kappa shape index (κ2) is 8.05. The summed E-state index contributed by atoms with van der Waals surface area (Å²) in [5, 5.41) is 0. The lowest BCUT2D eigenvalue weighted by molar-refractivity contribution is -0.133. The number of anilines is 1. The van der Waals surface area contributed by atoms with Gasteiger partial charge in [0.2, 0.25) is 5.91 Å². The van der Waals surface area contributed by atoms with E-state index in [4.69, 9.17) is 0 Å². The maximum atomic E-state index is 12.8. The number of hydrogen-bond acceptors (Lipinski definition) is 5. The lowest BCUT2D eigenvalue weighted by atomic mass is 10.0. The van der Waals surface area contributed by atoms with Crippen molar-refractivity contribution in [3.63, 3.8) is 0 Å². The van der Waals surface area contributed by atoms with Crippen molar-refractivity contribution in [2.75, 3.05) is 37.6 Å². The molecule has 4 rings (SSSR count). The molecule has 3 heterocycles. The van der Waals surface area contributed by atoms with Crippen molar-refractivity contribution in [3.8, 4) is 0 Å². The van der Waals surface area contributed by atoms with Crippen LogP contribution in [0.2, 0.25) is 0 Å². The van der Waals surface area contributed by atoms with Crippen LogP contribution in [0.4, 0.5) is 5.82 Å². The zero-order chi connectivity index (χ0) is 19.7. The monoisotopic (exact) mass is 385 g/mol. The number of rotatable bonds is 5. The Labute approximate surface area is 167 Å². The number of hydrogen-bond donors (Lipinski definition) is 0. The van der Waals surface area contributed by atoms with Crippen molar-refractivity contribution in [3.05, 3.63) is 18.1 Å². The van der Waals surface area contributed by atoms with Crippen molar-refractivity contribution >= 4 is 17.6 Å². The van der Waals surface area contributed by atoms with Gasteiger partial charge in [0.1, 0.15) is 11.5 Å². The van der Waals surface area contributed by atoms with E-state index in [-0.39, 0.29) is 17.9 Å². The highest BCUT2D eigenvalue weighted by atomic mass is 16.2. The lowest BCUT2D eigenvalue weighted by Gasteiger charge is -2.35. The fourth-order valence-electron chi connectivity index (χ4n) is 4.26. The van der Waals surface area contributed by atoms with Crippen molar-refractivity contribution in [1.29, 1.82) is 0 Å². The van der Waals surface area contributed by atoms with E-state index in [9.17, 15) is 9.59 Å². The molecule has 0 spiro atoms. The van der Waals surface area contributed by atoms with E-state index in [1.54, 1.807) is 12.4 Å². The van der Waals surface area contributed by atoms with E-state index in [1.807, 2.05) is 4.90 Å². The molecule has 7 heteroatoms. The van der Waals surface area contributed by atoms with Gasteiger partial charge in [-0.3, -0.25) is 14.6 Å². The number of likely N-dealkylation sites (tertiary alicyclic amines) is 1. The van der Waals surface area contributed by atoms with Crippen LogP contribution in [0.3, 0.4) is 0 Å². The Hall–Kier alpha value is -2.18. The van der Waals surface area contributed by atoms with Crippen molar-refractivity contribution in [1.82, 2.24) is 19.8 Å². The molecule has 3 fully saturated rings. The predicted molar refractivity (Wildman–Crippen MR) is 107 cm³/mol. The minimum absolute atomic E-state index is 0.0338. The maximum Gasteiger partial charge on any atom is 0.274 e. The third-order valence-corrected chi connectivity index (χ3v) is 6.20. The summed E-state index contributed by atoms with van der Waals surface area (Å²) in [5.74, 6) is 1.96. The summed E-state index contributed by atoms with van der Waals surface area (Å²) in [5.41, 5.74) is 0.408. The second-order valence-corrected chi connectivity index (χ2v) is 8.76. The lowest BCUT2D eigenvalue weighted by Crippen LogP contribution is -2.47. The van der Waals surface area contributed by atoms with E-state index in [2.05, 4.69) is 33.6 Å². The molecule has 0 aromatic carbocycles. The molecule has 28 heavy (non-hydrogen) atoms. The van der Waals surface area contributed by atoms with Crippen LogP contribution in [-0.2, 0) is 4.79 Å². The molecule has 0 N–H and O–H groups in total. The Balaban J connectivity index is 1.53. The highest BCUT2D eigenvalue weighted by molar-refractivity contribution is 5.92. The third-order valence-electron chi connectivity index (χ3n) is 6.20. The van der Waals surface area contributed by atoms with Gasteiger partial charge in [0.15, 0.2) is 0 Å². The summed E-state index contributed by atoms with van der Waals surface area (Å²) >= 11 is 0. The predicted octanol–water partition coefficient (Wildman–Crippen LogP) is 2.19. The Morgan fingerprint density at radius 1 is 1.18 bits per heavy atom. The molecular formula is C21H31N5O2. The van der Waals surface area contributed by atoms with Gasteiger partial charge in [-0.05, 0) is 37.5 Å². The third kappa shape index (κ3) is 4.13. The van der Waals surface area contributed by atoms with E-state index in [0.717, 1.165) is 39.0 Å². The smallest absolute Gasteiger partial charge is 0.274 e. The summed E-state index contributed by atoms with van der Waals surface area (Å²) in [4.78, 5) is 40.6. The molecule has 1 aromatic heterocycles. The van der Waals surface area contributed by atoms with Gasteiger partial charge in [-0.1, -0.05) is 13.8 Å². The average Bonchev–Trinajstić information content (AvgIpc) is 3.38. The molecule has 1 unspecified atom stereocenters. The number of nitrogens with zero attached hydrogens (tertiary/aromatic N) is 5. The van der Waals surface area contributed by atoms with Crippen LogP contribution in [0.5, 0.6) is 0 Å². The molecular weight excluding hydrogens is 354 g/mol. The van der Waals surface area contributed by atoms with Crippen molar-refractivity contribution in [2.45, 2.75) is 52.0 Å². The van der Waals surface area contributed by atoms with Gasteiger partial charge in [0, 0.05) is 39.1 Å². The number of aromatic nitrogens is 2. The normalized spacial score (nSPS) is 23.5. The van der Waals surface area contributed by atoms with Gasteiger partial charge in [-0.25, -0.2) is 4.98 Å². The largest absolute Gasteiger partial charge is 0.353 e. The van der Waals surface area contributed by atoms with Crippen LogP contribution in [0, 0.1) is 11.8 Å². The Morgan fingerprint density at radius 2 is 1.93 bits per heavy atom. The molecule has 2 amide bonds. The number of carbonyl (C=O) groups excluding carboxylic acids is 2. The summed E-state index contributed by atoms with van der Waals surface area (Å²) in [6.07, 6.45) is 8.36. The summed E-state index contributed by atoms with van der Waals surface area (Å²) in [6, 6.07) is 0.162. The van der Waals surface area contributed by atoms with Crippen molar-refractivity contribution in [2.24, 2.45) is 11.8 Å². The highest BCUT2D eigenvalue weighted by Crippen LogP contribution is 2.32. The quantitative estimate of drug-likeness (QED) is 0.777. The SMILES string of the molecule is CC(C)C1CN(c2cncc(C(=O)N3CCCC3)n2)CCC(=O)N1CC1CC1. The molecule has 7 nitrogen and oxygen atoms in total. The molecule has 152 valence electrons. The molecule has 0 bridgehead atoms. The minimum Gasteiger partial charge on any atom is -0.353 e. The first kappa shape index (κ1) is 19.2. The van der Waals surface area contributed by atoms with E-state index in [1.165, 1.54) is 12.8 Å². The zero-order valence-corrected chi connectivity index (χ0v) is 17.0. The minimum atomic E-state index is -0.0338. The van der Waals surface area contributed by atoms with Gasteiger partial charge < -0.3 is 14.7 Å². The Bertz CT molecular complexity index is 727. The summed E-state index contributed by atoms with van der Waals surface area (Å²) < 4.78 is 0. The van der Waals surface area contributed by atoms with Gasteiger partial charge in [0.05, 0.1) is 18.4 Å². The van der Waals surface area contributed by atoms with E-state index < -0.39 is 0 Å². The first-order valence-electron chi connectivity index (χ1n) is 10.7. The molecule has 1 aromatic rings. The van der Waals surface area contributed by atoms with Crippen molar-refractivity contribution < 1.29 is 9.59 Å². The number of amides is 2. The molecule has 1 atom stereocenters. The topological polar surface area (TPSA) is 69.6 Å². The zero-order valence-electron chi connectivity index (χ0n) is 17.0. The van der Waals surface area contributed by atoms with Crippen LogP contribution in [0.25, 0.3) is 0 Å². The summed E-state index contributed by atoms with van der Waals surface area (Å²) in [6.45, 7) is 8.21. The summed E-state index contributed by atoms with van der Waals surface area (Å²) in [7, 11) is 0. The maximum absolute atomic E-state index is 12.8. The van der Waals surface area contributed by atoms with Gasteiger partial charge in [0.25, 0.3) is 5.91 Å². The van der Waals surface area contributed by atoms with E-state index >= 15 is 0 Å². The molecule has 2 saturated heterocycles. The molecule has 3 aliphatic rings. The van der Waals surface area contributed by atoms with Gasteiger partial charge in [-0.15, -0.1) is 0 Å².